The van der Waals surface area contributed by atoms with Crippen LogP contribution in [0.25, 0.3) is 0 Å². The summed E-state index contributed by atoms with van der Waals surface area (Å²) < 4.78 is 4.09. The van der Waals surface area contributed by atoms with E-state index in [-0.39, 0.29) is 6.04 Å². The fourth-order valence-electron chi connectivity index (χ4n) is 1.13. The number of aromatic amines is 1. The summed E-state index contributed by atoms with van der Waals surface area (Å²) in [6.45, 7) is 3.92. The molecule has 0 aliphatic heterocycles. The van der Waals surface area contributed by atoms with Crippen LogP contribution in [0.2, 0.25) is 0 Å². The first-order chi connectivity index (χ1) is 6.75. The lowest BCUT2D eigenvalue weighted by atomic mass is 10.2. The van der Waals surface area contributed by atoms with Crippen molar-refractivity contribution in [2.24, 2.45) is 0 Å². The molecule has 0 unspecified atom stereocenters. The van der Waals surface area contributed by atoms with E-state index >= 15 is 0 Å². The van der Waals surface area contributed by atoms with Crippen LogP contribution >= 0.6 is 11.5 Å². The number of H-pyrrole nitrogens is 1. The molecule has 0 amide bonds. The molecule has 0 aliphatic rings. The van der Waals surface area contributed by atoms with Crippen LogP contribution in [0.1, 0.15) is 24.5 Å². The molecule has 5 nitrogen and oxygen atoms in total. The highest BCUT2D eigenvalue weighted by Crippen LogP contribution is 2.18. The second-order valence-electron chi connectivity index (χ2n) is 3.02. The van der Waals surface area contributed by atoms with E-state index in [2.05, 4.69) is 24.9 Å². The number of nitrogens with one attached hydrogen (secondary N) is 2. The first kappa shape index (κ1) is 9.14. The molecule has 1 atom stereocenters. The Hall–Kier alpha value is -1.43. The van der Waals surface area contributed by atoms with Gasteiger partial charge in [-0.15, -0.1) is 0 Å². The lowest BCUT2D eigenvalue weighted by molar-refractivity contribution is 0.823. The molecule has 74 valence electrons. The Kier molecular flexibility index (Phi) is 2.45. The van der Waals surface area contributed by atoms with Gasteiger partial charge in [-0.2, -0.15) is 9.47 Å². The molecule has 0 fully saturated rings. The van der Waals surface area contributed by atoms with E-state index in [0.717, 1.165) is 16.6 Å². The molecule has 0 spiro atoms. The standard InChI is InChI=1S/C8H11N5S/c1-5(7-3-4-9-12-7)10-8-11-6(2)13-14-8/h3-5H,1-2H3,(H,9,12)(H,10,11,13)/t5-/m0/s1. The smallest absolute Gasteiger partial charge is 0.203 e. The first-order valence-electron chi connectivity index (χ1n) is 4.32. The third-order valence-corrected chi connectivity index (χ3v) is 2.59. The van der Waals surface area contributed by atoms with Crippen LogP contribution < -0.4 is 5.32 Å². The molecule has 2 aromatic heterocycles. The van der Waals surface area contributed by atoms with Crippen molar-refractivity contribution in [2.75, 3.05) is 5.32 Å². The van der Waals surface area contributed by atoms with Gasteiger partial charge in [0.2, 0.25) is 5.13 Å². The van der Waals surface area contributed by atoms with Crippen molar-refractivity contribution < 1.29 is 0 Å². The lowest BCUT2D eigenvalue weighted by Crippen LogP contribution is -2.06. The first-order valence-corrected chi connectivity index (χ1v) is 5.09. The van der Waals surface area contributed by atoms with Crippen LogP contribution in [-0.4, -0.2) is 19.6 Å². The van der Waals surface area contributed by atoms with Gasteiger partial charge in [0, 0.05) is 17.7 Å². The summed E-state index contributed by atoms with van der Waals surface area (Å²) in [6.07, 6.45) is 1.73. The van der Waals surface area contributed by atoms with E-state index in [1.165, 1.54) is 11.5 Å². The normalized spacial score (nSPS) is 12.7. The summed E-state index contributed by atoms with van der Waals surface area (Å²) in [5.41, 5.74) is 1.04. The van der Waals surface area contributed by atoms with Crippen molar-refractivity contribution in [2.45, 2.75) is 19.9 Å². The number of rotatable bonds is 3. The van der Waals surface area contributed by atoms with E-state index in [0.29, 0.717) is 0 Å². The van der Waals surface area contributed by atoms with E-state index in [1.54, 1.807) is 6.20 Å². The molecule has 0 radical (unpaired) electrons. The fraction of sp³-hybridized carbons (Fsp3) is 0.375. The van der Waals surface area contributed by atoms with Crippen molar-refractivity contribution >= 4 is 16.7 Å². The number of hydrogen-bond acceptors (Lipinski definition) is 5. The summed E-state index contributed by atoms with van der Waals surface area (Å²) in [6, 6.07) is 2.11. The average molecular weight is 209 g/mol. The zero-order valence-corrected chi connectivity index (χ0v) is 8.80. The highest BCUT2D eigenvalue weighted by Gasteiger charge is 2.08. The maximum absolute atomic E-state index is 4.22. The number of anilines is 1. The lowest BCUT2D eigenvalue weighted by Gasteiger charge is -2.09. The Morgan fingerprint density at radius 2 is 2.43 bits per heavy atom. The molecule has 0 bridgehead atoms. The quantitative estimate of drug-likeness (QED) is 0.808. The van der Waals surface area contributed by atoms with Crippen molar-refractivity contribution in [3.63, 3.8) is 0 Å². The Morgan fingerprint density at radius 1 is 1.57 bits per heavy atom. The van der Waals surface area contributed by atoms with Crippen LogP contribution in [0.5, 0.6) is 0 Å². The molecule has 0 saturated carbocycles. The highest BCUT2D eigenvalue weighted by molar-refractivity contribution is 7.09. The average Bonchev–Trinajstić information content (AvgIpc) is 2.75. The Bertz CT molecular complexity index is 394. The molecule has 2 N–H and O–H groups in total. The summed E-state index contributed by atoms with van der Waals surface area (Å²) in [7, 11) is 0. The van der Waals surface area contributed by atoms with Gasteiger partial charge in [0.25, 0.3) is 0 Å². The van der Waals surface area contributed by atoms with E-state index in [9.17, 15) is 0 Å². The number of aromatic nitrogens is 4. The van der Waals surface area contributed by atoms with Crippen molar-refractivity contribution in [1.29, 1.82) is 0 Å². The van der Waals surface area contributed by atoms with Gasteiger partial charge in [-0.1, -0.05) is 0 Å². The fourth-order valence-corrected chi connectivity index (χ4v) is 1.79. The Labute approximate surface area is 85.8 Å². The van der Waals surface area contributed by atoms with Crippen LogP contribution in [0, 0.1) is 6.92 Å². The van der Waals surface area contributed by atoms with Gasteiger partial charge >= 0.3 is 0 Å². The number of aryl methyl sites for hydroxylation is 1. The second kappa shape index (κ2) is 3.75. The SMILES string of the molecule is Cc1nsc(N[C@@H](C)c2ccn[nH]2)n1. The molecule has 14 heavy (non-hydrogen) atoms. The maximum Gasteiger partial charge on any atom is 0.203 e. The topological polar surface area (TPSA) is 66.5 Å². The van der Waals surface area contributed by atoms with Crippen molar-refractivity contribution in [1.82, 2.24) is 19.6 Å². The maximum atomic E-state index is 4.22. The van der Waals surface area contributed by atoms with Crippen LogP contribution in [-0.2, 0) is 0 Å². The van der Waals surface area contributed by atoms with Crippen molar-refractivity contribution in [3.05, 3.63) is 23.8 Å². The molecule has 0 aliphatic carbocycles. The molecule has 0 saturated heterocycles. The summed E-state index contributed by atoms with van der Waals surface area (Å²) in [4.78, 5) is 4.22. The third-order valence-electron chi connectivity index (χ3n) is 1.86. The highest BCUT2D eigenvalue weighted by atomic mass is 32.1. The van der Waals surface area contributed by atoms with Gasteiger partial charge in [-0.25, -0.2) is 4.98 Å². The summed E-state index contributed by atoms with van der Waals surface area (Å²) in [5.74, 6) is 0.800. The zero-order chi connectivity index (χ0) is 9.97. The predicted octanol–water partition coefficient (Wildman–Crippen LogP) is 1.74. The van der Waals surface area contributed by atoms with E-state index in [1.807, 2.05) is 19.9 Å². The number of hydrogen-bond donors (Lipinski definition) is 2. The second-order valence-corrected chi connectivity index (χ2v) is 3.78. The molecule has 2 aromatic rings. The largest absolute Gasteiger partial charge is 0.352 e. The van der Waals surface area contributed by atoms with Crippen molar-refractivity contribution in [3.8, 4) is 0 Å². The van der Waals surface area contributed by atoms with Gasteiger partial charge in [-0.05, 0) is 19.9 Å². The molecule has 6 heteroatoms. The minimum absolute atomic E-state index is 0.171. The van der Waals surface area contributed by atoms with E-state index in [4.69, 9.17) is 0 Å². The summed E-state index contributed by atoms with van der Waals surface area (Å²) >= 11 is 1.37. The van der Waals surface area contributed by atoms with Gasteiger partial charge in [0.15, 0.2) is 0 Å². The molecular formula is C8H11N5S. The minimum Gasteiger partial charge on any atom is -0.352 e. The minimum atomic E-state index is 0.171. The van der Waals surface area contributed by atoms with Crippen LogP contribution in [0.3, 0.4) is 0 Å². The zero-order valence-electron chi connectivity index (χ0n) is 7.98. The van der Waals surface area contributed by atoms with Gasteiger partial charge < -0.3 is 5.32 Å². The molecule has 0 aromatic carbocycles. The predicted molar refractivity (Wildman–Crippen MR) is 55.3 cm³/mol. The van der Waals surface area contributed by atoms with Gasteiger partial charge in [-0.3, -0.25) is 5.10 Å². The molecule has 2 rings (SSSR count). The van der Waals surface area contributed by atoms with Gasteiger partial charge in [0.05, 0.1) is 11.7 Å². The van der Waals surface area contributed by atoms with Crippen LogP contribution in [0.4, 0.5) is 5.13 Å². The number of nitrogens with zero attached hydrogens (tertiary/aromatic N) is 3. The monoisotopic (exact) mass is 209 g/mol. The Balaban J connectivity index is 2.05. The molecule has 2 heterocycles. The van der Waals surface area contributed by atoms with Gasteiger partial charge in [0.1, 0.15) is 5.82 Å². The molecular weight excluding hydrogens is 198 g/mol. The summed E-state index contributed by atoms with van der Waals surface area (Å²) in [5, 5.41) is 10.9. The Morgan fingerprint density at radius 3 is 3.00 bits per heavy atom. The van der Waals surface area contributed by atoms with Crippen LogP contribution in [0.15, 0.2) is 12.3 Å². The third kappa shape index (κ3) is 1.90. The van der Waals surface area contributed by atoms with E-state index < -0.39 is 0 Å².